The summed E-state index contributed by atoms with van der Waals surface area (Å²) in [6, 6.07) is 1.73. The molecule has 0 atom stereocenters. The Morgan fingerprint density at radius 2 is 2.56 bits per heavy atom. The molecule has 0 aliphatic carbocycles. The third-order valence-corrected chi connectivity index (χ3v) is 1.27. The lowest BCUT2D eigenvalue weighted by atomic mass is 10.3. The molecular formula is C5H6BrNO2. The Kier molecular flexibility index (Phi) is 2.24. The van der Waals surface area contributed by atoms with Crippen molar-refractivity contribution >= 4 is 15.9 Å². The minimum absolute atomic E-state index is 0.110. The Balaban J connectivity index is 2.61. The highest BCUT2D eigenvalue weighted by Gasteiger charge is 1.97. The summed E-state index contributed by atoms with van der Waals surface area (Å²) in [6.07, 6.45) is 0.551. The average Bonchev–Trinajstić information content (AvgIpc) is 2.17. The smallest absolute Gasteiger partial charge is 0.202 e. The van der Waals surface area contributed by atoms with Gasteiger partial charge in [0.1, 0.15) is 0 Å². The van der Waals surface area contributed by atoms with Crippen LogP contribution in [0.5, 0.6) is 0 Å². The molecule has 3 nitrogen and oxygen atoms in total. The molecule has 1 heterocycles. The van der Waals surface area contributed by atoms with Crippen LogP contribution in [-0.4, -0.2) is 16.9 Å². The average molecular weight is 192 g/mol. The van der Waals surface area contributed by atoms with Gasteiger partial charge in [-0.3, -0.25) is 0 Å². The maximum Gasteiger partial charge on any atom is 0.202 e. The molecule has 4 heteroatoms. The number of hydrogen-bond acceptors (Lipinski definition) is 3. The lowest BCUT2D eigenvalue weighted by molar-refractivity contribution is 0.294. The molecule has 1 aromatic rings. The molecule has 0 saturated carbocycles. The van der Waals surface area contributed by atoms with Crippen molar-refractivity contribution in [3.05, 3.63) is 16.4 Å². The quantitative estimate of drug-likeness (QED) is 0.759. The van der Waals surface area contributed by atoms with E-state index in [1.54, 1.807) is 6.07 Å². The van der Waals surface area contributed by atoms with E-state index in [4.69, 9.17) is 5.11 Å². The second-order valence-corrected chi connectivity index (χ2v) is 2.38. The molecule has 1 rings (SSSR count). The number of aromatic nitrogens is 1. The standard InChI is InChI=1S/C5H6BrNO2/c6-5-3-4(1-2-8)7-9-5/h3,8H,1-2H2. The molecule has 0 unspecified atom stereocenters. The molecule has 1 aromatic heterocycles. The van der Waals surface area contributed by atoms with Crippen LogP contribution >= 0.6 is 15.9 Å². The van der Waals surface area contributed by atoms with E-state index in [0.29, 0.717) is 11.1 Å². The number of hydrogen-bond donors (Lipinski definition) is 1. The van der Waals surface area contributed by atoms with Crippen LogP contribution in [0, 0.1) is 0 Å². The van der Waals surface area contributed by atoms with E-state index < -0.39 is 0 Å². The van der Waals surface area contributed by atoms with Crippen molar-refractivity contribution < 1.29 is 9.63 Å². The first kappa shape index (κ1) is 6.77. The number of aliphatic hydroxyl groups excluding tert-OH is 1. The summed E-state index contributed by atoms with van der Waals surface area (Å²) in [5, 5.41) is 12.1. The number of aliphatic hydroxyl groups is 1. The summed E-state index contributed by atoms with van der Waals surface area (Å²) in [6.45, 7) is 0.110. The molecule has 9 heavy (non-hydrogen) atoms. The van der Waals surface area contributed by atoms with Gasteiger partial charge in [0.2, 0.25) is 4.67 Å². The van der Waals surface area contributed by atoms with Crippen LogP contribution in [0.1, 0.15) is 5.69 Å². The molecular weight excluding hydrogens is 186 g/mol. The van der Waals surface area contributed by atoms with Crippen molar-refractivity contribution in [1.82, 2.24) is 5.16 Å². The molecule has 0 bridgehead atoms. The molecule has 0 amide bonds. The molecule has 0 radical (unpaired) electrons. The van der Waals surface area contributed by atoms with Gasteiger partial charge in [-0.1, -0.05) is 5.16 Å². The van der Waals surface area contributed by atoms with Crippen LogP contribution in [0.2, 0.25) is 0 Å². The van der Waals surface area contributed by atoms with Gasteiger partial charge in [0.15, 0.2) is 0 Å². The first-order chi connectivity index (χ1) is 4.33. The zero-order chi connectivity index (χ0) is 6.69. The van der Waals surface area contributed by atoms with Crippen LogP contribution in [0.15, 0.2) is 15.3 Å². The lowest BCUT2D eigenvalue weighted by Gasteiger charge is -1.82. The highest BCUT2D eigenvalue weighted by molar-refractivity contribution is 9.10. The maximum atomic E-state index is 8.43. The first-order valence-electron chi connectivity index (χ1n) is 2.55. The van der Waals surface area contributed by atoms with E-state index in [1.807, 2.05) is 0 Å². The molecule has 0 aromatic carbocycles. The predicted octanol–water partition coefficient (Wildman–Crippen LogP) is 0.972. The van der Waals surface area contributed by atoms with Gasteiger partial charge in [-0.25, -0.2) is 0 Å². The van der Waals surface area contributed by atoms with Gasteiger partial charge < -0.3 is 9.63 Å². The maximum absolute atomic E-state index is 8.43. The van der Waals surface area contributed by atoms with Gasteiger partial charge in [-0.15, -0.1) is 0 Å². The van der Waals surface area contributed by atoms with E-state index in [9.17, 15) is 0 Å². The molecule has 0 aliphatic rings. The highest BCUT2D eigenvalue weighted by Crippen LogP contribution is 2.10. The van der Waals surface area contributed by atoms with Crippen LogP contribution in [-0.2, 0) is 6.42 Å². The Morgan fingerprint density at radius 3 is 3.00 bits per heavy atom. The van der Waals surface area contributed by atoms with Crippen LogP contribution < -0.4 is 0 Å². The Labute approximate surface area is 60.8 Å². The fourth-order valence-corrected chi connectivity index (χ4v) is 0.855. The van der Waals surface area contributed by atoms with Crippen molar-refractivity contribution in [3.63, 3.8) is 0 Å². The summed E-state index contributed by atoms with van der Waals surface area (Å²) in [5.41, 5.74) is 0.768. The van der Waals surface area contributed by atoms with E-state index in [1.165, 1.54) is 0 Å². The van der Waals surface area contributed by atoms with Crippen molar-refractivity contribution in [2.45, 2.75) is 6.42 Å². The van der Waals surface area contributed by atoms with E-state index in [0.717, 1.165) is 5.69 Å². The lowest BCUT2D eigenvalue weighted by Crippen LogP contribution is -1.88. The summed E-state index contributed by atoms with van der Waals surface area (Å²) in [4.78, 5) is 0. The molecule has 0 fully saturated rings. The molecule has 1 N–H and O–H groups in total. The van der Waals surface area contributed by atoms with Crippen LogP contribution in [0.25, 0.3) is 0 Å². The number of rotatable bonds is 2. The zero-order valence-electron chi connectivity index (χ0n) is 4.67. The molecule has 0 aliphatic heterocycles. The normalized spacial score (nSPS) is 10.0. The molecule has 0 saturated heterocycles. The van der Waals surface area contributed by atoms with Crippen molar-refractivity contribution in [2.75, 3.05) is 6.61 Å². The van der Waals surface area contributed by atoms with Gasteiger partial charge in [-0.05, 0) is 15.9 Å². The SMILES string of the molecule is OCCc1cc(Br)on1. The third-order valence-electron chi connectivity index (χ3n) is 0.898. The first-order valence-corrected chi connectivity index (χ1v) is 3.34. The Morgan fingerprint density at radius 1 is 1.78 bits per heavy atom. The Bertz CT molecular complexity index is 187. The minimum Gasteiger partial charge on any atom is -0.396 e. The van der Waals surface area contributed by atoms with E-state index >= 15 is 0 Å². The zero-order valence-corrected chi connectivity index (χ0v) is 6.26. The summed E-state index contributed by atoms with van der Waals surface area (Å²) < 4.78 is 5.28. The van der Waals surface area contributed by atoms with E-state index in [-0.39, 0.29) is 6.61 Å². The fourth-order valence-electron chi connectivity index (χ4n) is 0.518. The Hall–Kier alpha value is -0.350. The van der Waals surface area contributed by atoms with Crippen LogP contribution in [0.3, 0.4) is 0 Å². The predicted molar refractivity (Wildman–Crippen MR) is 35.0 cm³/mol. The van der Waals surface area contributed by atoms with Gasteiger partial charge in [0.25, 0.3) is 0 Å². The van der Waals surface area contributed by atoms with Gasteiger partial charge in [-0.2, -0.15) is 0 Å². The van der Waals surface area contributed by atoms with Gasteiger partial charge in [0, 0.05) is 19.1 Å². The largest absolute Gasteiger partial charge is 0.396 e. The summed E-state index contributed by atoms with van der Waals surface area (Å²) >= 11 is 3.09. The topological polar surface area (TPSA) is 46.3 Å². The number of nitrogens with zero attached hydrogens (tertiary/aromatic N) is 1. The van der Waals surface area contributed by atoms with Crippen LogP contribution in [0.4, 0.5) is 0 Å². The van der Waals surface area contributed by atoms with Crippen molar-refractivity contribution in [1.29, 1.82) is 0 Å². The fraction of sp³-hybridized carbons (Fsp3) is 0.400. The minimum atomic E-state index is 0.110. The molecule has 0 spiro atoms. The summed E-state index contributed by atoms with van der Waals surface area (Å²) in [5.74, 6) is 0. The summed E-state index contributed by atoms with van der Waals surface area (Å²) in [7, 11) is 0. The number of halogens is 1. The van der Waals surface area contributed by atoms with Gasteiger partial charge in [0.05, 0.1) is 5.69 Å². The van der Waals surface area contributed by atoms with Crippen molar-refractivity contribution in [3.8, 4) is 0 Å². The monoisotopic (exact) mass is 191 g/mol. The second kappa shape index (κ2) is 2.98. The van der Waals surface area contributed by atoms with Crippen molar-refractivity contribution in [2.24, 2.45) is 0 Å². The van der Waals surface area contributed by atoms with Gasteiger partial charge >= 0.3 is 0 Å². The second-order valence-electron chi connectivity index (χ2n) is 1.60. The molecule has 50 valence electrons. The third kappa shape index (κ3) is 1.80. The highest BCUT2D eigenvalue weighted by atomic mass is 79.9. The van der Waals surface area contributed by atoms with E-state index in [2.05, 4.69) is 25.6 Å².